The van der Waals surface area contributed by atoms with Crippen LogP contribution in [0.5, 0.6) is 23.0 Å². The normalized spacial score (nSPS) is 11.4. The molecule has 0 radical (unpaired) electrons. The minimum absolute atomic E-state index is 0.00711. The standard InChI is InChI=1S/C17H24N2O5.C16H23N3O5.C15H21N3O5.C14H20N4O5/c1-11(6-4-5-9-18-12(2)20)16(22)19-13-7-8-14(15(21)10-13)17(23)24-3;1-10(20)18-8-4-3-5-13(17)15(22)19-11-6-7-12(14(21)9-11)16(23)24-2;1-9(4-3-7-17-15(16)22)13(20)18-10-5-6-11(12(19)8-10)14(21)23-2;1-23-13(21)9-5-4-8(7-11(9)19)18-12(20)10(15)3-2-6-17-14(16)22/h7-8,10-11,21H,4-6,9H2,1-3H3,(H,18,20)(H,19,22);6-7,9,13,21H,3-5,8,17H2,1-2H3,(H,18,20)(H,19,22);5-6,8-9,19H,3-4,7H2,1-2H3,(H,18,20)(H3,16,17,22);4-5,7,10,19H,2-3,6,15H2,1H3,(H,18,20)(H3,16,17,22)/t11-;13-;9-;10-/m0000/s1. The van der Waals surface area contributed by atoms with E-state index >= 15 is 0 Å². The van der Waals surface area contributed by atoms with E-state index in [1.165, 1.54) is 115 Å². The van der Waals surface area contributed by atoms with Gasteiger partial charge < -0.3 is 105 Å². The highest BCUT2D eigenvalue weighted by Crippen LogP contribution is 2.27. The largest absolute Gasteiger partial charge is 0.507 e. The first-order valence-electron chi connectivity index (χ1n) is 29.3. The Balaban J connectivity index is 0.000000627. The number of nitrogens with one attached hydrogen (secondary N) is 8. The highest BCUT2D eigenvalue weighted by atomic mass is 16.5. The fourth-order valence-corrected chi connectivity index (χ4v) is 7.84. The van der Waals surface area contributed by atoms with Gasteiger partial charge in [-0.05, 0) is 106 Å². The Hall–Kier alpha value is -10.8. The summed E-state index contributed by atoms with van der Waals surface area (Å²) in [5.41, 5.74) is 22.9. The van der Waals surface area contributed by atoms with Crippen LogP contribution in [0.1, 0.15) is 133 Å². The molecule has 4 aromatic carbocycles. The predicted octanol–water partition coefficient (Wildman–Crippen LogP) is 3.91. The number of carbonyl (C=O) groups is 12. The zero-order valence-corrected chi connectivity index (χ0v) is 53.8. The van der Waals surface area contributed by atoms with Crippen LogP contribution < -0.4 is 65.5 Å². The number of phenolic OH excluding ortho intramolecular Hbond substituents is 4. The second kappa shape index (κ2) is 43.9. The molecule has 94 heavy (non-hydrogen) atoms. The van der Waals surface area contributed by atoms with E-state index in [0.29, 0.717) is 93.9 Å². The third-order valence-electron chi connectivity index (χ3n) is 13.1. The second-order valence-electron chi connectivity index (χ2n) is 20.7. The Morgan fingerprint density at radius 3 is 0.883 bits per heavy atom. The summed E-state index contributed by atoms with van der Waals surface area (Å²) < 4.78 is 18.1. The van der Waals surface area contributed by atoms with E-state index in [-0.39, 0.29) is 86.6 Å². The summed E-state index contributed by atoms with van der Waals surface area (Å²) in [6, 6.07) is 13.8. The van der Waals surface area contributed by atoms with E-state index in [2.05, 4.69) is 61.5 Å². The zero-order chi connectivity index (χ0) is 71.0. The lowest BCUT2D eigenvalue weighted by Crippen LogP contribution is -2.37. The van der Waals surface area contributed by atoms with E-state index in [9.17, 15) is 78.0 Å². The van der Waals surface area contributed by atoms with Crippen LogP contribution in [0.2, 0.25) is 0 Å². The number of amides is 10. The number of hydrogen-bond donors (Lipinski definition) is 16. The maximum Gasteiger partial charge on any atom is 0.341 e. The molecule has 0 aliphatic heterocycles. The number of phenols is 4. The lowest BCUT2D eigenvalue weighted by Gasteiger charge is -2.13. The molecule has 0 bridgehead atoms. The number of aromatic hydroxyl groups is 4. The van der Waals surface area contributed by atoms with Crippen LogP contribution in [-0.4, -0.2) is 159 Å². The number of benzene rings is 4. The van der Waals surface area contributed by atoms with Crippen molar-refractivity contribution in [2.75, 3.05) is 75.9 Å². The maximum atomic E-state index is 12.1. The molecule has 20 N–H and O–H groups in total. The molecule has 0 saturated carbocycles. The number of esters is 4. The molecule has 0 aliphatic carbocycles. The van der Waals surface area contributed by atoms with Gasteiger partial charge in [0.05, 0.1) is 40.5 Å². The number of carbonyl (C=O) groups excluding carboxylic acids is 12. The van der Waals surface area contributed by atoms with E-state index in [1.807, 2.05) is 6.92 Å². The molecule has 516 valence electrons. The number of urea groups is 2. The molecule has 10 amide bonds. The van der Waals surface area contributed by atoms with E-state index in [0.717, 1.165) is 19.3 Å². The lowest BCUT2D eigenvalue weighted by atomic mass is 10.0. The van der Waals surface area contributed by atoms with Crippen LogP contribution in [0.4, 0.5) is 32.3 Å². The van der Waals surface area contributed by atoms with Gasteiger partial charge in [0.2, 0.25) is 35.4 Å². The molecule has 0 heterocycles. The van der Waals surface area contributed by atoms with Crippen molar-refractivity contribution in [3.8, 4) is 23.0 Å². The molecule has 0 spiro atoms. The molecule has 0 aliphatic rings. The van der Waals surface area contributed by atoms with Crippen LogP contribution in [0.15, 0.2) is 72.8 Å². The highest BCUT2D eigenvalue weighted by molar-refractivity contribution is 5.99. The van der Waals surface area contributed by atoms with Gasteiger partial charge in [-0.15, -0.1) is 0 Å². The maximum absolute atomic E-state index is 12.1. The van der Waals surface area contributed by atoms with Crippen molar-refractivity contribution in [2.24, 2.45) is 34.8 Å². The first-order valence-corrected chi connectivity index (χ1v) is 29.3. The Morgan fingerprint density at radius 2 is 0.617 bits per heavy atom. The number of hydrogen-bond acceptors (Lipinski definition) is 22. The summed E-state index contributed by atoms with van der Waals surface area (Å²) >= 11 is 0. The summed E-state index contributed by atoms with van der Waals surface area (Å²) in [5.74, 6) is -5.63. The first-order chi connectivity index (χ1) is 44.4. The van der Waals surface area contributed by atoms with Gasteiger partial charge in [-0.25, -0.2) is 28.8 Å². The fourth-order valence-electron chi connectivity index (χ4n) is 7.84. The molecule has 0 fully saturated rings. The van der Waals surface area contributed by atoms with Crippen LogP contribution in [-0.2, 0) is 47.7 Å². The zero-order valence-electron chi connectivity index (χ0n) is 53.8. The van der Waals surface area contributed by atoms with Crippen molar-refractivity contribution in [1.29, 1.82) is 0 Å². The van der Waals surface area contributed by atoms with Crippen LogP contribution in [0, 0.1) is 11.8 Å². The Labute approximate surface area is 543 Å². The Morgan fingerprint density at radius 1 is 0.372 bits per heavy atom. The molecular formula is C62H88N12O20. The third-order valence-corrected chi connectivity index (χ3v) is 13.1. The van der Waals surface area contributed by atoms with Gasteiger partial charge in [0.1, 0.15) is 45.3 Å². The molecular weight excluding hydrogens is 1230 g/mol. The van der Waals surface area contributed by atoms with E-state index in [1.54, 1.807) is 6.92 Å². The lowest BCUT2D eigenvalue weighted by molar-refractivity contribution is -0.120. The fraction of sp³-hybridized carbons (Fsp3) is 0.419. The average Bonchev–Trinajstić information content (AvgIpc) is 1.04. The number of methoxy groups -OCH3 is 4. The Kier molecular flexibility index (Phi) is 37.9. The van der Waals surface area contributed by atoms with Crippen LogP contribution in [0.25, 0.3) is 0 Å². The quantitative estimate of drug-likeness (QED) is 0.0200. The van der Waals surface area contributed by atoms with Gasteiger partial charge in [0.25, 0.3) is 0 Å². The van der Waals surface area contributed by atoms with Crippen molar-refractivity contribution in [1.82, 2.24) is 21.3 Å². The molecule has 32 heteroatoms. The molecule has 4 rings (SSSR count). The summed E-state index contributed by atoms with van der Waals surface area (Å²) in [6.07, 6.45) is 6.24. The second-order valence-corrected chi connectivity index (χ2v) is 20.7. The third kappa shape index (κ3) is 32.3. The topological polar surface area (TPSA) is 523 Å². The van der Waals surface area contributed by atoms with Gasteiger partial charge in [0.15, 0.2) is 0 Å². The van der Waals surface area contributed by atoms with Crippen LogP contribution in [0.3, 0.4) is 0 Å². The Bertz CT molecular complexity index is 3010. The van der Waals surface area contributed by atoms with E-state index in [4.69, 9.17) is 22.9 Å². The first kappa shape index (κ1) is 81.3. The summed E-state index contributed by atoms with van der Waals surface area (Å²) in [7, 11) is 4.85. The minimum Gasteiger partial charge on any atom is -0.507 e. The summed E-state index contributed by atoms with van der Waals surface area (Å²) in [6.45, 7) is 8.36. The predicted molar refractivity (Wildman–Crippen MR) is 345 cm³/mol. The van der Waals surface area contributed by atoms with Gasteiger partial charge in [-0.3, -0.25) is 28.8 Å². The number of nitrogens with two attached hydrogens (primary N) is 4. The summed E-state index contributed by atoms with van der Waals surface area (Å²) in [4.78, 5) is 136. The van der Waals surface area contributed by atoms with Crippen molar-refractivity contribution >= 4 is 94.1 Å². The summed E-state index contributed by atoms with van der Waals surface area (Å²) in [5, 5.41) is 59.8. The van der Waals surface area contributed by atoms with Crippen molar-refractivity contribution in [3.05, 3.63) is 95.1 Å². The van der Waals surface area contributed by atoms with Gasteiger partial charge in [-0.1, -0.05) is 20.3 Å². The molecule has 0 saturated heterocycles. The number of anilines is 4. The van der Waals surface area contributed by atoms with Crippen molar-refractivity contribution in [3.63, 3.8) is 0 Å². The van der Waals surface area contributed by atoms with Gasteiger partial charge >= 0.3 is 35.9 Å². The molecule has 0 aromatic heterocycles. The van der Waals surface area contributed by atoms with E-state index < -0.39 is 53.9 Å². The van der Waals surface area contributed by atoms with Crippen molar-refractivity contribution < 1.29 is 96.9 Å². The number of primary amides is 2. The SMILES string of the molecule is COC(=O)c1ccc(NC(=O)[C@@H](C)CCCCNC(C)=O)cc1O.COC(=O)c1ccc(NC(=O)[C@@H](C)CCCNC(N)=O)cc1O.COC(=O)c1ccc(NC(=O)[C@@H](N)CCCCNC(C)=O)cc1O.COC(=O)c1ccc(NC(=O)[C@@H](N)CCCNC(N)=O)cc1O. The smallest absolute Gasteiger partial charge is 0.341 e. The molecule has 32 nitrogen and oxygen atoms in total. The van der Waals surface area contributed by atoms with Crippen LogP contribution >= 0.6 is 0 Å². The molecule has 0 unspecified atom stereocenters. The highest BCUT2D eigenvalue weighted by Gasteiger charge is 2.21. The molecule has 4 atom stereocenters. The molecule has 4 aromatic rings. The number of rotatable bonds is 30. The van der Waals surface area contributed by atoms with Gasteiger partial charge in [0, 0.05) is 98.9 Å². The average molecular weight is 1320 g/mol. The van der Waals surface area contributed by atoms with Gasteiger partial charge in [-0.2, -0.15) is 0 Å². The minimum atomic E-state index is -0.785. The number of unbranched alkanes of at least 4 members (excludes halogenated alkanes) is 2. The monoisotopic (exact) mass is 1320 g/mol. The number of ether oxygens (including phenoxy) is 4. The van der Waals surface area contributed by atoms with Crippen molar-refractivity contribution in [2.45, 2.75) is 104 Å².